The van der Waals surface area contributed by atoms with Crippen LogP contribution in [0.4, 0.5) is 0 Å². The smallest absolute Gasteiger partial charge is 0.191 e. The second kappa shape index (κ2) is 10.4. The third kappa shape index (κ3) is 6.17. The number of rotatable bonds is 7. The molecule has 1 fully saturated rings. The average molecular weight is 454 g/mol. The summed E-state index contributed by atoms with van der Waals surface area (Å²) in [6.45, 7) is 5.22. The number of aliphatic hydroxyl groups is 1. The number of aromatic nitrogens is 1. The minimum absolute atomic E-state index is 0. The predicted octanol–water partition coefficient (Wildman–Crippen LogP) is 1.78. The van der Waals surface area contributed by atoms with E-state index in [-0.39, 0.29) is 36.0 Å². The van der Waals surface area contributed by atoms with E-state index in [2.05, 4.69) is 27.5 Å². The molecule has 1 unspecified atom stereocenters. The molecule has 1 saturated heterocycles. The number of aliphatic imine (C=N–C) groups is 1. The van der Waals surface area contributed by atoms with Crippen molar-refractivity contribution in [1.82, 2.24) is 15.6 Å². The van der Waals surface area contributed by atoms with Crippen LogP contribution in [0, 0.1) is 5.41 Å². The van der Waals surface area contributed by atoms with Crippen molar-refractivity contribution >= 4 is 41.3 Å². The predicted molar refractivity (Wildman–Crippen MR) is 105 cm³/mol. The Morgan fingerprint density at radius 3 is 2.91 bits per heavy atom. The van der Waals surface area contributed by atoms with E-state index in [1.165, 1.54) is 4.88 Å². The van der Waals surface area contributed by atoms with Crippen molar-refractivity contribution in [3.05, 3.63) is 16.1 Å². The Morgan fingerprint density at radius 2 is 2.35 bits per heavy atom. The van der Waals surface area contributed by atoms with Crippen molar-refractivity contribution in [2.24, 2.45) is 10.4 Å². The summed E-state index contributed by atoms with van der Waals surface area (Å²) in [5.74, 6) is 0.762. The molecule has 1 aromatic heterocycles. The summed E-state index contributed by atoms with van der Waals surface area (Å²) in [5.41, 5.74) is 0.0168. The molecule has 1 aliphatic rings. The van der Waals surface area contributed by atoms with E-state index in [4.69, 9.17) is 4.74 Å². The lowest BCUT2D eigenvalue weighted by atomic mass is 9.84. The average Bonchev–Trinajstić information content (AvgIpc) is 3.17. The highest BCUT2D eigenvalue weighted by atomic mass is 127. The molecule has 2 rings (SSSR count). The highest BCUT2D eigenvalue weighted by molar-refractivity contribution is 14.0. The van der Waals surface area contributed by atoms with Crippen molar-refractivity contribution in [3.63, 3.8) is 0 Å². The molecule has 3 N–H and O–H groups in total. The molecule has 0 saturated carbocycles. The largest absolute Gasteiger partial charge is 0.396 e. The second-order valence-electron chi connectivity index (χ2n) is 5.63. The zero-order valence-corrected chi connectivity index (χ0v) is 16.9. The quantitative estimate of drug-likeness (QED) is 0.333. The van der Waals surface area contributed by atoms with E-state index in [0.717, 1.165) is 43.4 Å². The van der Waals surface area contributed by atoms with Crippen LogP contribution in [0.5, 0.6) is 0 Å². The maximum absolute atomic E-state index is 9.26. The number of ether oxygens (including phenoxy) is 1. The number of halogens is 1. The fraction of sp³-hybridized carbons (Fsp3) is 0.733. The van der Waals surface area contributed by atoms with Gasteiger partial charge in [-0.1, -0.05) is 6.92 Å². The Hall–Kier alpha value is -0.450. The third-order valence-electron chi connectivity index (χ3n) is 4.04. The lowest BCUT2D eigenvalue weighted by Crippen LogP contribution is -2.44. The van der Waals surface area contributed by atoms with Crippen LogP contribution in [0.25, 0.3) is 0 Å². The van der Waals surface area contributed by atoms with Gasteiger partial charge in [0.25, 0.3) is 0 Å². The van der Waals surface area contributed by atoms with Crippen LogP contribution in [0.15, 0.2) is 11.2 Å². The topological polar surface area (TPSA) is 78.8 Å². The van der Waals surface area contributed by atoms with Crippen molar-refractivity contribution in [3.8, 4) is 0 Å². The minimum Gasteiger partial charge on any atom is -0.396 e. The van der Waals surface area contributed by atoms with Gasteiger partial charge < -0.3 is 20.5 Å². The Bertz CT molecular complexity index is 490. The van der Waals surface area contributed by atoms with E-state index in [1.807, 2.05) is 6.20 Å². The van der Waals surface area contributed by atoms with E-state index in [1.54, 1.807) is 18.4 Å². The van der Waals surface area contributed by atoms with Crippen molar-refractivity contribution in [1.29, 1.82) is 0 Å². The summed E-state index contributed by atoms with van der Waals surface area (Å²) < 4.78 is 5.50. The van der Waals surface area contributed by atoms with E-state index < -0.39 is 0 Å². The normalized spacial score (nSPS) is 21.1. The zero-order chi connectivity index (χ0) is 15.8. The highest BCUT2D eigenvalue weighted by Crippen LogP contribution is 2.31. The molecule has 0 spiro atoms. The third-order valence-corrected chi connectivity index (χ3v) is 5.18. The number of nitrogens with one attached hydrogen (secondary N) is 2. The first-order chi connectivity index (χ1) is 10.7. The molecule has 0 aromatic carbocycles. The highest BCUT2D eigenvalue weighted by Gasteiger charge is 2.34. The van der Waals surface area contributed by atoms with Crippen LogP contribution in [0.1, 0.15) is 29.7 Å². The Labute approximate surface area is 159 Å². The van der Waals surface area contributed by atoms with Crippen LogP contribution in [-0.4, -0.2) is 49.5 Å². The lowest BCUT2D eigenvalue weighted by molar-refractivity contribution is 0.127. The number of nitrogens with zero attached hydrogens (tertiary/aromatic N) is 2. The monoisotopic (exact) mass is 454 g/mol. The maximum Gasteiger partial charge on any atom is 0.191 e. The molecule has 0 bridgehead atoms. The van der Waals surface area contributed by atoms with Crippen LogP contribution < -0.4 is 10.6 Å². The van der Waals surface area contributed by atoms with Gasteiger partial charge in [0.15, 0.2) is 5.96 Å². The van der Waals surface area contributed by atoms with Crippen LogP contribution in [0.2, 0.25) is 0 Å². The van der Waals surface area contributed by atoms with Crippen LogP contribution >= 0.6 is 35.3 Å². The number of hydrogen-bond acceptors (Lipinski definition) is 5. The number of thiazole rings is 1. The molecule has 132 valence electrons. The molecule has 1 aliphatic heterocycles. The molecule has 1 atom stereocenters. The van der Waals surface area contributed by atoms with Gasteiger partial charge in [-0.2, -0.15) is 0 Å². The van der Waals surface area contributed by atoms with Gasteiger partial charge in [-0.3, -0.25) is 4.99 Å². The molecule has 2 heterocycles. The van der Waals surface area contributed by atoms with Gasteiger partial charge in [-0.05, 0) is 19.3 Å². The molecule has 23 heavy (non-hydrogen) atoms. The summed E-state index contributed by atoms with van der Waals surface area (Å²) in [4.78, 5) is 9.94. The lowest BCUT2D eigenvalue weighted by Gasteiger charge is -2.27. The number of aryl methyl sites for hydroxylation is 1. The molecule has 1 aromatic rings. The first kappa shape index (κ1) is 20.6. The van der Waals surface area contributed by atoms with Gasteiger partial charge in [-0.15, -0.1) is 35.3 Å². The Kier molecular flexibility index (Phi) is 9.33. The molecular formula is C15H27IN4O2S. The first-order valence-electron chi connectivity index (χ1n) is 7.78. The fourth-order valence-corrected chi connectivity index (χ4v) is 3.36. The minimum atomic E-state index is 0. The number of guanidine groups is 1. The van der Waals surface area contributed by atoms with Crippen molar-refractivity contribution < 1.29 is 9.84 Å². The standard InChI is InChI=1S/C15H26N4O2S.HI/c1-3-12-8-17-13(22-12)9-18-14(16-2)19-10-15(4-6-20)5-7-21-11-15;/h8,20H,3-7,9-11H2,1-2H3,(H2,16,18,19);1H. The Morgan fingerprint density at radius 1 is 1.52 bits per heavy atom. The van der Waals surface area contributed by atoms with Gasteiger partial charge in [0.05, 0.1) is 13.2 Å². The van der Waals surface area contributed by atoms with Crippen LogP contribution in [-0.2, 0) is 17.7 Å². The molecule has 0 radical (unpaired) electrons. The van der Waals surface area contributed by atoms with Gasteiger partial charge in [0.2, 0.25) is 0 Å². The molecule has 0 amide bonds. The SMILES string of the molecule is CCc1cnc(CNC(=NC)NCC2(CCO)CCOC2)s1.I. The Balaban J connectivity index is 0.00000264. The summed E-state index contributed by atoms with van der Waals surface area (Å²) in [7, 11) is 1.76. The van der Waals surface area contributed by atoms with E-state index >= 15 is 0 Å². The molecule has 0 aliphatic carbocycles. The maximum atomic E-state index is 9.26. The van der Waals surface area contributed by atoms with Gasteiger partial charge in [0.1, 0.15) is 5.01 Å². The van der Waals surface area contributed by atoms with Crippen LogP contribution in [0.3, 0.4) is 0 Å². The number of hydrogen-bond donors (Lipinski definition) is 3. The summed E-state index contributed by atoms with van der Waals surface area (Å²) in [6.07, 6.45) is 4.69. The second-order valence-corrected chi connectivity index (χ2v) is 6.83. The molecule has 8 heteroatoms. The van der Waals surface area contributed by atoms with Gasteiger partial charge in [0, 0.05) is 43.3 Å². The van der Waals surface area contributed by atoms with Gasteiger partial charge >= 0.3 is 0 Å². The first-order valence-corrected chi connectivity index (χ1v) is 8.60. The summed E-state index contributed by atoms with van der Waals surface area (Å²) >= 11 is 1.73. The van der Waals surface area contributed by atoms with Crippen molar-refractivity contribution in [2.75, 3.05) is 33.4 Å². The molecular weight excluding hydrogens is 427 g/mol. The van der Waals surface area contributed by atoms with E-state index in [0.29, 0.717) is 13.2 Å². The zero-order valence-electron chi connectivity index (χ0n) is 13.8. The van der Waals surface area contributed by atoms with Gasteiger partial charge in [-0.25, -0.2) is 4.98 Å². The number of aliphatic hydroxyl groups excluding tert-OH is 1. The van der Waals surface area contributed by atoms with Crippen molar-refractivity contribution in [2.45, 2.75) is 32.7 Å². The fourth-order valence-electron chi connectivity index (χ4n) is 2.56. The van der Waals surface area contributed by atoms with E-state index in [9.17, 15) is 5.11 Å². The summed E-state index contributed by atoms with van der Waals surface area (Å²) in [5, 5.41) is 17.0. The molecule has 6 nitrogen and oxygen atoms in total. The summed E-state index contributed by atoms with van der Waals surface area (Å²) in [6, 6.07) is 0.